The smallest absolute Gasteiger partial charge is 0.170 e. The fourth-order valence-electron chi connectivity index (χ4n) is 3.66. The molecule has 5 heteroatoms. The summed E-state index contributed by atoms with van der Waals surface area (Å²) in [6.07, 6.45) is 6.67. The number of fused-ring (bicyclic) bond motifs is 1. The monoisotopic (exact) mass is 368 g/mol. The molecule has 4 nitrogen and oxygen atoms in total. The lowest BCUT2D eigenvalue weighted by atomic mass is 10.1. The van der Waals surface area contributed by atoms with E-state index in [9.17, 15) is 4.39 Å². The molecule has 0 saturated carbocycles. The molecule has 0 atom stereocenters. The van der Waals surface area contributed by atoms with Gasteiger partial charge in [0.1, 0.15) is 23.9 Å². The fraction of sp³-hybridized carbons (Fsp3) is 0.409. The molecule has 1 aliphatic heterocycles. The van der Waals surface area contributed by atoms with Crippen LogP contribution in [0.1, 0.15) is 32.1 Å². The van der Waals surface area contributed by atoms with E-state index in [2.05, 4.69) is 10.1 Å². The lowest BCUT2D eigenvalue weighted by molar-refractivity contribution is 0.195. The third-order valence-corrected chi connectivity index (χ3v) is 5.19. The maximum absolute atomic E-state index is 13.3. The molecule has 1 fully saturated rings. The highest BCUT2D eigenvalue weighted by molar-refractivity contribution is 5.91. The van der Waals surface area contributed by atoms with Crippen LogP contribution >= 0.6 is 0 Å². The summed E-state index contributed by atoms with van der Waals surface area (Å²) < 4.78 is 24.4. The van der Waals surface area contributed by atoms with Crippen molar-refractivity contribution in [1.29, 1.82) is 0 Å². The lowest BCUT2D eigenvalue weighted by Crippen LogP contribution is -2.31. The van der Waals surface area contributed by atoms with E-state index in [0.29, 0.717) is 12.2 Å². The van der Waals surface area contributed by atoms with Crippen LogP contribution in [0.25, 0.3) is 22.2 Å². The van der Waals surface area contributed by atoms with Crippen molar-refractivity contribution in [2.45, 2.75) is 32.1 Å². The maximum atomic E-state index is 13.3. The molecule has 0 bridgehead atoms. The van der Waals surface area contributed by atoms with Crippen LogP contribution in [0, 0.1) is 5.82 Å². The van der Waals surface area contributed by atoms with Gasteiger partial charge < -0.3 is 9.26 Å². The molecule has 2 heterocycles. The molecule has 142 valence electrons. The van der Waals surface area contributed by atoms with Crippen LogP contribution in [-0.4, -0.2) is 36.3 Å². The van der Waals surface area contributed by atoms with Gasteiger partial charge in [0.25, 0.3) is 0 Å². The van der Waals surface area contributed by atoms with Crippen molar-refractivity contribution in [3.8, 4) is 17.0 Å². The van der Waals surface area contributed by atoms with Crippen LogP contribution in [0.5, 0.6) is 5.75 Å². The Bertz CT molecular complexity index is 868. The lowest BCUT2D eigenvalue weighted by Gasteiger charge is -2.24. The van der Waals surface area contributed by atoms with Gasteiger partial charge in [0.2, 0.25) is 0 Å². The van der Waals surface area contributed by atoms with Crippen LogP contribution in [0.15, 0.2) is 47.0 Å². The van der Waals surface area contributed by atoms with Crippen molar-refractivity contribution >= 4 is 11.0 Å². The third-order valence-electron chi connectivity index (χ3n) is 5.19. The van der Waals surface area contributed by atoms with Gasteiger partial charge in [0.05, 0.1) is 0 Å². The highest BCUT2D eigenvalue weighted by Gasteiger charge is 2.12. The molecular formula is C22H25FN2O2. The molecule has 2 aromatic carbocycles. The third kappa shape index (κ3) is 4.48. The van der Waals surface area contributed by atoms with Gasteiger partial charge in [-0.2, -0.15) is 0 Å². The minimum absolute atomic E-state index is 0.325. The summed E-state index contributed by atoms with van der Waals surface area (Å²) in [5.41, 5.74) is 2.10. The Morgan fingerprint density at radius 2 is 1.70 bits per heavy atom. The first-order valence-corrected chi connectivity index (χ1v) is 9.80. The Kier molecular flexibility index (Phi) is 5.68. The van der Waals surface area contributed by atoms with Gasteiger partial charge in [-0.3, -0.25) is 4.90 Å². The molecule has 1 saturated heterocycles. The second-order valence-electron chi connectivity index (χ2n) is 7.15. The summed E-state index contributed by atoms with van der Waals surface area (Å²) in [4.78, 5) is 2.51. The number of likely N-dealkylation sites (tertiary alicyclic amines) is 1. The zero-order valence-corrected chi connectivity index (χ0v) is 15.5. The van der Waals surface area contributed by atoms with E-state index < -0.39 is 0 Å². The van der Waals surface area contributed by atoms with Gasteiger partial charge in [-0.1, -0.05) is 24.4 Å². The molecular weight excluding hydrogens is 343 g/mol. The molecule has 0 N–H and O–H groups in total. The second kappa shape index (κ2) is 8.53. The van der Waals surface area contributed by atoms with Crippen molar-refractivity contribution < 1.29 is 13.7 Å². The summed E-state index contributed by atoms with van der Waals surface area (Å²) in [6.45, 7) is 4.04. The number of halogens is 1. The quantitative estimate of drug-likeness (QED) is 0.614. The fourth-order valence-corrected chi connectivity index (χ4v) is 3.66. The average Bonchev–Trinajstić information content (AvgIpc) is 3.07. The van der Waals surface area contributed by atoms with Crippen LogP contribution in [-0.2, 0) is 0 Å². The Balaban J connectivity index is 1.35. The number of hydrogen-bond donors (Lipinski definition) is 0. The molecule has 0 radical (unpaired) electrons. The summed E-state index contributed by atoms with van der Waals surface area (Å²) in [7, 11) is 0. The van der Waals surface area contributed by atoms with E-state index in [4.69, 9.17) is 9.26 Å². The van der Waals surface area contributed by atoms with Gasteiger partial charge in [-0.25, -0.2) is 4.39 Å². The molecule has 4 rings (SSSR count). The average molecular weight is 368 g/mol. The highest BCUT2D eigenvalue weighted by Crippen LogP contribution is 2.29. The van der Waals surface area contributed by atoms with Crippen molar-refractivity contribution in [1.82, 2.24) is 10.1 Å². The normalized spacial score (nSPS) is 16.2. The summed E-state index contributed by atoms with van der Waals surface area (Å²) in [5, 5.41) is 4.89. The van der Waals surface area contributed by atoms with E-state index >= 15 is 0 Å². The predicted molar refractivity (Wildman–Crippen MR) is 104 cm³/mol. The predicted octanol–water partition coefficient (Wildman–Crippen LogP) is 5.28. The van der Waals surface area contributed by atoms with Gasteiger partial charge >= 0.3 is 0 Å². The minimum atomic E-state index is -0.325. The van der Waals surface area contributed by atoms with Gasteiger partial charge in [-0.05, 0) is 62.3 Å². The Labute approximate surface area is 158 Å². The van der Waals surface area contributed by atoms with E-state index in [1.165, 1.54) is 57.3 Å². The summed E-state index contributed by atoms with van der Waals surface area (Å²) in [5.74, 6) is 0.526. The number of nitrogens with zero attached hydrogens (tertiary/aromatic N) is 2. The topological polar surface area (TPSA) is 38.5 Å². The van der Waals surface area contributed by atoms with Crippen molar-refractivity contribution in [3.05, 3.63) is 48.3 Å². The van der Waals surface area contributed by atoms with Crippen LogP contribution in [0.2, 0.25) is 0 Å². The number of aromatic nitrogens is 1. The largest absolute Gasteiger partial charge is 0.492 e. The van der Waals surface area contributed by atoms with E-state index in [-0.39, 0.29) is 5.82 Å². The molecule has 1 aliphatic rings. The van der Waals surface area contributed by atoms with Crippen LogP contribution < -0.4 is 4.74 Å². The van der Waals surface area contributed by atoms with E-state index in [0.717, 1.165) is 28.9 Å². The van der Waals surface area contributed by atoms with Gasteiger partial charge in [0, 0.05) is 23.6 Å². The zero-order chi connectivity index (χ0) is 18.5. The molecule has 0 spiro atoms. The zero-order valence-electron chi connectivity index (χ0n) is 15.5. The van der Waals surface area contributed by atoms with Gasteiger partial charge in [-0.15, -0.1) is 0 Å². The number of ether oxygens (including phenoxy) is 1. The SMILES string of the molecule is Fc1ccc2c(-c3ccc(OCCN4CCCCCCC4)cc3)noc2c1. The number of rotatable bonds is 5. The Morgan fingerprint density at radius 3 is 2.48 bits per heavy atom. The number of benzene rings is 2. The minimum Gasteiger partial charge on any atom is -0.492 e. The molecule has 0 unspecified atom stereocenters. The molecule has 27 heavy (non-hydrogen) atoms. The van der Waals surface area contributed by atoms with Gasteiger partial charge in [0.15, 0.2) is 5.58 Å². The molecule has 0 aliphatic carbocycles. The van der Waals surface area contributed by atoms with E-state index in [1.807, 2.05) is 24.3 Å². The highest BCUT2D eigenvalue weighted by atomic mass is 19.1. The van der Waals surface area contributed by atoms with Crippen molar-refractivity contribution in [2.24, 2.45) is 0 Å². The van der Waals surface area contributed by atoms with E-state index in [1.54, 1.807) is 6.07 Å². The van der Waals surface area contributed by atoms with Crippen LogP contribution in [0.4, 0.5) is 4.39 Å². The first kappa shape index (κ1) is 18.0. The molecule has 0 amide bonds. The first-order valence-electron chi connectivity index (χ1n) is 9.80. The molecule has 3 aromatic rings. The van der Waals surface area contributed by atoms with Crippen molar-refractivity contribution in [3.63, 3.8) is 0 Å². The number of hydrogen-bond acceptors (Lipinski definition) is 4. The Hall–Kier alpha value is -2.40. The standard InChI is InChI=1S/C22H25FN2O2/c23-18-8-11-20-21(16-18)27-24-22(20)17-6-9-19(10-7-17)26-15-14-25-12-4-2-1-3-5-13-25/h6-11,16H,1-5,12-15H2. The van der Waals surface area contributed by atoms with Crippen molar-refractivity contribution in [2.75, 3.05) is 26.2 Å². The molecule has 1 aromatic heterocycles. The summed E-state index contributed by atoms with van der Waals surface area (Å²) >= 11 is 0. The second-order valence-corrected chi connectivity index (χ2v) is 7.15. The maximum Gasteiger partial charge on any atom is 0.170 e. The Morgan fingerprint density at radius 1 is 0.963 bits per heavy atom. The summed E-state index contributed by atoms with van der Waals surface area (Å²) in [6, 6.07) is 12.3. The van der Waals surface area contributed by atoms with Crippen LogP contribution in [0.3, 0.4) is 0 Å². The first-order chi connectivity index (χ1) is 13.3.